The standard InChI is InChI=1S/C16H16BrNO2/c1-20-15-8-14(9-15)18-16(19)12-3-2-11-7-13(17)5-4-10(11)6-12/h2-7,14-15H,8-9H2,1H3,(H,18,19). The quantitative estimate of drug-likeness (QED) is 0.933. The van der Waals surface area contributed by atoms with Crippen LogP contribution in [0.3, 0.4) is 0 Å². The largest absolute Gasteiger partial charge is 0.381 e. The van der Waals surface area contributed by atoms with Crippen LogP contribution in [0.1, 0.15) is 23.2 Å². The molecule has 0 saturated heterocycles. The average molecular weight is 334 g/mol. The molecule has 2 aromatic carbocycles. The molecule has 1 N–H and O–H groups in total. The second kappa shape index (κ2) is 5.54. The van der Waals surface area contributed by atoms with Crippen LogP contribution in [-0.4, -0.2) is 25.2 Å². The summed E-state index contributed by atoms with van der Waals surface area (Å²) in [5.41, 5.74) is 0.709. The lowest BCUT2D eigenvalue weighted by atomic mass is 9.89. The Kier molecular flexibility index (Phi) is 3.76. The van der Waals surface area contributed by atoms with Crippen LogP contribution in [0.15, 0.2) is 40.9 Å². The number of methoxy groups -OCH3 is 1. The zero-order valence-electron chi connectivity index (χ0n) is 11.2. The van der Waals surface area contributed by atoms with Crippen molar-refractivity contribution in [1.29, 1.82) is 0 Å². The van der Waals surface area contributed by atoms with Crippen molar-refractivity contribution < 1.29 is 9.53 Å². The van der Waals surface area contributed by atoms with Crippen LogP contribution in [0.5, 0.6) is 0 Å². The van der Waals surface area contributed by atoms with Gasteiger partial charge in [0.05, 0.1) is 6.10 Å². The summed E-state index contributed by atoms with van der Waals surface area (Å²) in [7, 11) is 1.71. The number of carbonyl (C=O) groups is 1. The summed E-state index contributed by atoms with van der Waals surface area (Å²) in [6.07, 6.45) is 2.11. The molecule has 0 spiro atoms. The summed E-state index contributed by atoms with van der Waals surface area (Å²) in [6.45, 7) is 0. The van der Waals surface area contributed by atoms with Crippen molar-refractivity contribution in [2.75, 3.05) is 7.11 Å². The topological polar surface area (TPSA) is 38.3 Å². The maximum absolute atomic E-state index is 12.2. The van der Waals surface area contributed by atoms with Gasteiger partial charge in [0.25, 0.3) is 5.91 Å². The molecule has 0 radical (unpaired) electrons. The number of nitrogens with one attached hydrogen (secondary N) is 1. The zero-order chi connectivity index (χ0) is 14.1. The maximum atomic E-state index is 12.2. The van der Waals surface area contributed by atoms with Gasteiger partial charge < -0.3 is 10.1 Å². The summed E-state index contributed by atoms with van der Waals surface area (Å²) in [6, 6.07) is 12.1. The molecule has 1 amide bonds. The van der Waals surface area contributed by atoms with Gasteiger partial charge in [0, 0.05) is 23.2 Å². The molecule has 1 fully saturated rings. The molecule has 0 heterocycles. The Morgan fingerprint density at radius 2 is 1.90 bits per heavy atom. The van der Waals surface area contributed by atoms with Gasteiger partial charge in [-0.1, -0.05) is 28.1 Å². The van der Waals surface area contributed by atoms with Crippen LogP contribution in [0.4, 0.5) is 0 Å². The second-order valence-corrected chi connectivity index (χ2v) is 6.12. The SMILES string of the molecule is COC1CC(NC(=O)c2ccc3cc(Br)ccc3c2)C1. The number of benzene rings is 2. The van der Waals surface area contributed by atoms with Gasteiger partial charge in [0.2, 0.25) is 0 Å². The number of halogens is 1. The molecule has 0 unspecified atom stereocenters. The third-order valence-corrected chi connectivity index (χ3v) is 4.32. The lowest BCUT2D eigenvalue weighted by Crippen LogP contribution is -2.47. The molecule has 0 aromatic heterocycles. The Labute approximate surface area is 126 Å². The van der Waals surface area contributed by atoms with Gasteiger partial charge in [-0.2, -0.15) is 0 Å². The summed E-state index contributed by atoms with van der Waals surface area (Å²) in [5, 5.41) is 5.24. The summed E-state index contributed by atoms with van der Waals surface area (Å²) in [5.74, 6) is -0.00521. The van der Waals surface area contributed by atoms with Gasteiger partial charge in [-0.3, -0.25) is 4.79 Å². The van der Waals surface area contributed by atoms with Gasteiger partial charge in [-0.25, -0.2) is 0 Å². The Morgan fingerprint density at radius 3 is 2.65 bits per heavy atom. The normalized spacial score (nSPS) is 21.5. The van der Waals surface area contributed by atoms with E-state index in [0.29, 0.717) is 11.7 Å². The first kappa shape index (κ1) is 13.6. The van der Waals surface area contributed by atoms with E-state index >= 15 is 0 Å². The fourth-order valence-corrected chi connectivity index (χ4v) is 2.88. The molecule has 0 atom stereocenters. The van der Waals surface area contributed by atoms with Crippen molar-refractivity contribution >= 4 is 32.6 Å². The molecule has 1 aliphatic carbocycles. The Morgan fingerprint density at radius 1 is 1.20 bits per heavy atom. The number of hydrogen-bond acceptors (Lipinski definition) is 2. The monoisotopic (exact) mass is 333 g/mol. The zero-order valence-corrected chi connectivity index (χ0v) is 12.8. The number of hydrogen-bond donors (Lipinski definition) is 1. The highest BCUT2D eigenvalue weighted by atomic mass is 79.9. The van der Waals surface area contributed by atoms with Crippen LogP contribution in [0.25, 0.3) is 10.8 Å². The van der Waals surface area contributed by atoms with E-state index < -0.39 is 0 Å². The van der Waals surface area contributed by atoms with E-state index in [2.05, 4.69) is 21.2 Å². The first-order valence-corrected chi connectivity index (χ1v) is 7.48. The first-order valence-electron chi connectivity index (χ1n) is 6.68. The minimum Gasteiger partial charge on any atom is -0.381 e. The van der Waals surface area contributed by atoms with Gasteiger partial charge in [-0.05, 0) is 47.9 Å². The lowest BCUT2D eigenvalue weighted by molar-refractivity contribution is 0.0176. The van der Waals surface area contributed by atoms with Crippen LogP contribution in [0.2, 0.25) is 0 Å². The van der Waals surface area contributed by atoms with E-state index in [1.807, 2.05) is 36.4 Å². The molecular weight excluding hydrogens is 318 g/mol. The fourth-order valence-electron chi connectivity index (χ4n) is 2.50. The number of ether oxygens (including phenoxy) is 1. The molecule has 0 bridgehead atoms. The van der Waals surface area contributed by atoms with E-state index in [4.69, 9.17) is 4.74 Å². The van der Waals surface area contributed by atoms with Crippen molar-refractivity contribution in [2.24, 2.45) is 0 Å². The van der Waals surface area contributed by atoms with E-state index in [1.165, 1.54) is 0 Å². The highest BCUT2D eigenvalue weighted by Crippen LogP contribution is 2.24. The highest BCUT2D eigenvalue weighted by molar-refractivity contribution is 9.10. The Balaban J connectivity index is 1.73. The minimum absolute atomic E-state index is 0.00521. The van der Waals surface area contributed by atoms with Crippen molar-refractivity contribution in [1.82, 2.24) is 5.32 Å². The average Bonchev–Trinajstić information content (AvgIpc) is 2.41. The van der Waals surface area contributed by atoms with Crippen molar-refractivity contribution in [2.45, 2.75) is 25.0 Å². The van der Waals surface area contributed by atoms with E-state index in [-0.39, 0.29) is 11.9 Å². The molecule has 1 aliphatic rings. The van der Waals surface area contributed by atoms with Crippen LogP contribution in [0, 0.1) is 0 Å². The van der Waals surface area contributed by atoms with E-state index in [9.17, 15) is 4.79 Å². The second-order valence-electron chi connectivity index (χ2n) is 5.21. The lowest BCUT2D eigenvalue weighted by Gasteiger charge is -2.34. The Bertz CT molecular complexity index is 650. The van der Waals surface area contributed by atoms with Crippen molar-refractivity contribution in [3.8, 4) is 0 Å². The minimum atomic E-state index is -0.00521. The fraction of sp³-hybridized carbons (Fsp3) is 0.312. The highest BCUT2D eigenvalue weighted by Gasteiger charge is 2.30. The molecule has 104 valence electrons. The number of fused-ring (bicyclic) bond motifs is 1. The summed E-state index contributed by atoms with van der Waals surface area (Å²) in [4.78, 5) is 12.2. The smallest absolute Gasteiger partial charge is 0.251 e. The molecule has 3 rings (SSSR count). The van der Waals surface area contributed by atoms with E-state index in [1.54, 1.807) is 7.11 Å². The number of amides is 1. The number of carbonyl (C=O) groups excluding carboxylic acids is 1. The third kappa shape index (κ3) is 2.72. The van der Waals surface area contributed by atoms with Crippen LogP contribution in [-0.2, 0) is 4.74 Å². The molecule has 3 nitrogen and oxygen atoms in total. The molecule has 2 aromatic rings. The predicted molar refractivity (Wildman–Crippen MR) is 82.9 cm³/mol. The van der Waals surface area contributed by atoms with Crippen molar-refractivity contribution in [3.05, 3.63) is 46.4 Å². The summed E-state index contributed by atoms with van der Waals surface area (Å²) < 4.78 is 6.26. The van der Waals surface area contributed by atoms with Gasteiger partial charge in [0.15, 0.2) is 0 Å². The Hall–Kier alpha value is -1.39. The van der Waals surface area contributed by atoms with Gasteiger partial charge in [0.1, 0.15) is 0 Å². The predicted octanol–water partition coefficient (Wildman–Crippen LogP) is 3.51. The van der Waals surface area contributed by atoms with Crippen LogP contribution >= 0.6 is 15.9 Å². The van der Waals surface area contributed by atoms with Crippen molar-refractivity contribution in [3.63, 3.8) is 0 Å². The maximum Gasteiger partial charge on any atom is 0.251 e. The van der Waals surface area contributed by atoms with E-state index in [0.717, 1.165) is 28.1 Å². The molecule has 1 saturated carbocycles. The summed E-state index contributed by atoms with van der Waals surface area (Å²) >= 11 is 3.45. The molecule has 4 heteroatoms. The third-order valence-electron chi connectivity index (χ3n) is 3.83. The van der Waals surface area contributed by atoms with Gasteiger partial charge in [-0.15, -0.1) is 0 Å². The first-order chi connectivity index (χ1) is 9.65. The molecule has 20 heavy (non-hydrogen) atoms. The van der Waals surface area contributed by atoms with Crippen LogP contribution < -0.4 is 5.32 Å². The molecule has 0 aliphatic heterocycles. The number of rotatable bonds is 3. The molecular formula is C16H16BrNO2. The van der Waals surface area contributed by atoms with Gasteiger partial charge >= 0.3 is 0 Å².